The van der Waals surface area contributed by atoms with Crippen molar-refractivity contribution in [2.24, 2.45) is 0 Å². The van der Waals surface area contributed by atoms with Gasteiger partial charge >= 0.3 is 5.97 Å². The Hall–Kier alpha value is -2.97. The standard InChI is InChI=1S/C20H17N3O3S2/c1-2-26-20(25)12-5-7-13(8-6-12)23-10-15(24)17(18(23)21)19-22-14(11-28-19)16-4-3-9-27-16/h3-9,11,21,24H,2,10H2,1H3. The van der Waals surface area contributed by atoms with Gasteiger partial charge in [-0.3, -0.25) is 5.41 Å². The van der Waals surface area contributed by atoms with Crippen molar-refractivity contribution in [2.45, 2.75) is 6.92 Å². The molecular weight excluding hydrogens is 394 g/mol. The monoisotopic (exact) mass is 411 g/mol. The molecule has 0 aliphatic carbocycles. The number of carbonyl (C=O) groups is 1. The Labute approximate surface area is 169 Å². The van der Waals surface area contributed by atoms with Gasteiger partial charge in [0.05, 0.1) is 34.9 Å². The first-order valence-electron chi connectivity index (χ1n) is 8.64. The van der Waals surface area contributed by atoms with E-state index in [9.17, 15) is 9.90 Å². The molecule has 3 aromatic rings. The second-order valence-electron chi connectivity index (χ2n) is 6.04. The lowest BCUT2D eigenvalue weighted by Crippen LogP contribution is -2.26. The van der Waals surface area contributed by atoms with Gasteiger partial charge in [-0.2, -0.15) is 0 Å². The lowest BCUT2D eigenvalue weighted by Gasteiger charge is -2.18. The molecule has 0 saturated carbocycles. The van der Waals surface area contributed by atoms with Crippen LogP contribution < -0.4 is 4.90 Å². The Morgan fingerprint density at radius 3 is 2.75 bits per heavy atom. The highest BCUT2D eigenvalue weighted by Crippen LogP contribution is 2.35. The van der Waals surface area contributed by atoms with Crippen molar-refractivity contribution < 1.29 is 14.6 Å². The number of ether oxygens (including phenoxy) is 1. The second-order valence-corrected chi connectivity index (χ2v) is 7.84. The third kappa shape index (κ3) is 3.32. The summed E-state index contributed by atoms with van der Waals surface area (Å²) in [5.74, 6) is -0.0730. The van der Waals surface area contributed by atoms with E-state index in [1.54, 1.807) is 47.4 Å². The zero-order chi connectivity index (χ0) is 19.7. The Kier molecular flexibility index (Phi) is 4.97. The number of hydrogen-bond acceptors (Lipinski definition) is 7. The van der Waals surface area contributed by atoms with Crippen molar-refractivity contribution in [3.8, 4) is 10.6 Å². The van der Waals surface area contributed by atoms with Gasteiger partial charge in [-0.1, -0.05) is 6.07 Å². The van der Waals surface area contributed by atoms with E-state index in [1.807, 2.05) is 22.9 Å². The van der Waals surface area contributed by atoms with Gasteiger partial charge < -0.3 is 14.7 Å². The molecule has 1 aliphatic rings. The van der Waals surface area contributed by atoms with Crippen molar-refractivity contribution in [3.63, 3.8) is 0 Å². The highest BCUT2D eigenvalue weighted by atomic mass is 32.1. The number of amidine groups is 1. The average Bonchev–Trinajstić information content (AvgIpc) is 3.42. The number of anilines is 1. The Morgan fingerprint density at radius 2 is 2.07 bits per heavy atom. The molecule has 0 saturated heterocycles. The van der Waals surface area contributed by atoms with E-state index in [0.717, 1.165) is 16.3 Å². The minimum absolute atomic E-state index is 0.117. The smallest absolute Gasteiger partial charge is 0.338 e. The molecule has 0 atom stereocenters. The Bertz CT molecular complexity index is 1050. The molecule has 2 aromatic heterocycles. The van der Waals surface area contributed by atoms with Gasteiger partial charge in [-0.05, 0) is 42.6 Å². The Balaban J connectivity index is 1.56. The number of aliphatic hydroxyl groups excluding tert-OH is 1. The average molecular weight is 412 g/mol. The van der Waals surface area contributed by atoms with E-state index in [2.05, 4.69) is 4.98 Å². The summed E-state index contributed by atoms with van der Waals surface area (Å²) in [6.07, 6.45) is 0. The highest BCUT2D eigenvalue weighted by Gasteiger charge is 2.31. The van der Waals surface area contributed by atoms with Gasteiger partial charge in [0.1, 0.15) is 16.6 Å². The number of thiazole rings is 1. The first kappa shape index (κ1) is 18.4. The largest absolute Gasteiger partial charge is 0.510 e. The number of aromatic nitrogens is 1. The third-order valence-corrected chi connectivity index (χ3v) is 6.04. The number of nitrogens with zero attached hydrogens (tertiary/aromatic N) is 2. The van der Waals surface area contributed by atoms with Crippen molar-refractivity contribution in [1.29, 1.82) is 5.41 Å². The molecule has 1 aliphatic heterocycles. The first-order chi connectivity index (χ1) is 13.6. The topological polar surface area (TPSA) is 86.5 Å². The predicted molar refractivity (Wildman–Crippen MR) is 112 cm³/mol. The van der Waals surface area contributed by atoms with Crippen LogP contribution in [0.4, 0.5) is 5.69 Å². The number of benzene rings is 1. The maximum atomic E-state index is 11.8. The van der Waals surface area contributed by atoms with E-state index >= 15 is 0 Å². The maximum Gasteiger partial charge on any atom is 0.338 e. The maximum absolute atomic E-state index is 11.8. The van der Waals surface area contributed by atoms with Gasteiger partial charge in [0.15, 0.2) is 0 Å². The number of rotatable bonds is 5. The van der Waals surface area contributed by atoms with Crippen LogP contribution in [0.1, 0.15) is 22.3 Å². The fraction of sp³-hybridized carbons (Fsp3) is 0.150. The quantitative estimate of drug-likeness (QED) is 0.588. The number of esters is 1. The molecular formula is C20H17N3O3S2. The zero-order valence-electron chi connectivity index (χ0n) is 15.0. The normalized spacial score (nSPS) is 14.0. The van der Waals surface area contributed by atoms with Crippen LogP contribution in [0.25, 0.3) is 16.1 Å². The summed E-state index contributed by atoms with van der Waals surface area (Å²) in [6.45, 7) is 2.27. The fourth-order valence-electron chi connectivity index (χ4n) is 2.94. The summed E-state index contributed by atoms with van der Waals surface area (Å²) < 4.78 is 4.99. The molecule has 3 heterocycles. The van der Waals surface area contributed by atoms with Crippen LogP contribution in [0.3, 0.4) is 0 Å². The number of hydrogen-bond donors (Lipinski definition) is 2. The van der Waals surface area contributed by atoms with Gasteiger partial charge in [-0.15, -0.1) is 22.7 Å². The lowest BCUT2D eigenvalue weighted by molar-refractivity contribution is 0.0526. The van der Waals surface area contributed by atoms with E-state index in [4.69, 9.17) is 10.1 Å². The molecule has 0 radical (unpaired) electrons. The molecule has 0 fully saturated rings. The van der Waals surface area contributed by atoms with E-state index in [-0.39, 0.29) is 24.1 Å². The minimum Gasteiger partial charge on any atom is -0.510 e. The molecule has 6 nitrogen and oxygen atoms in total. The van der Waals surface area contributed by atoms with Crippen LogP contribution in [-0.4, -0.2) is 35.0 Å². The molecule has 0 bridgehead atoms. The summed E-state index contributed by atoms with van der Waals surface area (Å²) in [4.78, 5) is 19.1. The van der Waals surface area contributed by atoms with Crippen LogP contribution in [0.5, 0.6) is 0 Å². The predicted octanol–water partition coefficient (Wildman–Crippen LogP) is 4.81. The SMILES string of the molecule is CCOC(=O)c1ccc(N2CC(O)=C(c3nc(-c4cccs4)cs3)C2=N)cc1. The van der Waals surface area contributed by atoms with E-state index in [0.29, 0.717) is 22.8 Å². The molecule has 28 heavy (non-hydrogen) atoms. The molecule has 0 spiro atoms. The molecule has 0 unspecified atom stereocenters. The molecule has 8 heteroatoms. The van der Waals surface area contributed by atoms with Gasteiger partial charge in [0, 0.05) is 11.1 Å². The molecule has 4 rings (SSSR count). The number of nitrogens with one attached hydrogen (secondary N) is 1. The van der Waals surface area contributed by atoms with Crippen molar-refractivity contribution >= 4 is 45.7 Å². The summed E-state index contributed by atoms with van der Waals surface area (Å²) in [6, 6.07) is 10.8. The number of thiophene rings is 1. The van der Waals surface area contributed by atoms with Crippen LogP contribution >= 0.6 is 22.7 Å². The molecule has 142 valence electrons. The van der Waals surface area contributed by atoms with Crippen LogP contribution in [-0.2, 0) is 4.74 Å². The van der Waals surface area contributed by atoms with Crippen molar-refractivity contribution in [3.05, 3.63) is 63.5 Å². The van der Waals surface area contributed by atoms with Crippen molar-refractivity contribution in [1.82, 2.24) is 4.98 Å². The first-order valence-corrected chi connectivity index (χ1v) is 10.4. The third-order valence-electron chi connectivity index (χ3n) is 4.28. The van der Waals surface area contributed by atoms with E-state index < -0.39 is 0 Å². The summed E-state index contributed by atoms with van der Waals surface area (Å²) in [5.41, 5.74) is 2.46. The minimum atomic E-state index is -0.379. The van der Waals surface area contributed by atoms with Gasteiger partial charge in [0.25, 0.3) is 0 Å². The second kappa shape index (κ2) is 7.57. The highest BCUT2D eigenvalue weighted by molar-refractivity contribution is 7.14. The van der Waals surface area contributed by atoms with E-state index in [1.165, 1.54) is 11.3 Å². The Morgan fingerprint density at radius 1 is 1.29 bits per heavy atom. The van der Waals surface area contributed by atoms with Gasteiger partial charge in [-0.25, -0.2) is 9.78 Å². The number of aliphatic hydroxyl groups is 1. The van der Waals surface area contributed by atoms with Crippen molar-refractivity contribution in [2.75, 3.05) is 18.1 Å². The van der Waals surface area contributed by atoms with Crippen LogP contribution in [0.15, 0.2) is 52.9 Å². The molecule has 2 N–H and O–H groups in total. The van der Waals surface area contributed by atoms with Gasteiger partial charge in [0.2, 0.25) is 0 Å². The summed E-state index contributed by atoms with van der Waals surface area (Å²) in [5, 5.41) is 23.6. The summed E-state index contributed by atoms with van der Waals surface area (Å²) in [7, 11) is 0. The van der Waals surface area contributed by atoms with Crippen LogP contribution in [0.2, 0.25) is 0 Å². The molecule has 1 aromatic carbocycles. The lowest BCUT2D eigenvalue weighted by atomic mass is 10.2. The summed E-state index contributed by atoms with van der Waals surface area (Å²) >= 11 is 3.01. The fourth-order valence-corrected chi connectivity index (χ4v) is 4.59. The molecule has 0 amide bonds. The van der Waals surface area contributed by atoms with Crippen LogP contribution in [0, 0.1) is 5.41 Å². The number of carbonyl (C=O) groups excluding carboxylic acids is 1. The zero-order valence-corrected chi connectivity index (χ0v) is 16.6.